The molecule has 1 N–H and O–H groups in total. The van der Waals surface area contributed by atoms with Gasteiger partial charge >= 0.3 is 0 Å². The van der Waals surface area contributed by atoms with Crippen molar-refractivity contribution in [2.24, 2.45) is 5.92 Å². The van der Waals surface area contributed by atoms with Crippen LogP contribution in [0.3, 0.4) is 0 Å². The Morgan fingerprint density at radius 3 is 2.76 bits per heavy atom. The van der Waals surface area contributed by atoms with Gasteiger partial charge in [0, 0.05) is 6.20 Å². The number of amides is 1. The summed E-state index contributed by atoms with van der Waals surface area (Å²) in [6, 6.07) is 7.96. The third-order valence-corrected chi connectivity index (χ3v) is 4.43. The minimum Gasteiger partial charge on any atom is -0.307 e. The number of nitrogens with one attached hydrogen (secondary N) is 1. The molecule has 2 heterocycles. The number of carbonyl (C=O) groups is 1. The molecule has 128 valence electrons. The van der Waals surface area contributed by atoms with Crippen LogP contribution in [0.15, 0.2) is 36.5 Å². The predicted molar refractivity (Wildman–Crippen MR) is 86.9 cm³/mol. The highest BCUT2D eigenvalue weighted by Gasteiger charge is 2.44. The second-order valence-corrected chi connectivity index (χ2v) is 6.16. The van der Waals surface area contributed by atoms with Crippen molar-refractivity contribution in [3.05, 3.63) is 53.9 Å². The highest BCUT2D eigenvalue weighted by molar-refractivity contribution is 5.94. The van der Waals surface area contributed by atoms with Gasteiger partial charge in [0.15, 0.2) is 5.82 Å². The fraction of sp³-hybridized carbons (Fsp3) is 0.222. The van der Waals surface area contributed by atoms with Crippen LogP contribution in [-0.4, -0.2) is 21.5 Å². The molecule has 1 aromatic carbocycles. The molecular formula is C18H14F3N3O. The van der Waals surface area contributed by atoms with Crippen molar-refractivity contribution in [3.63, 3.8) is 0 Å². The Balaban J connectivity index is 1.72. The summed E-state index contributed by atoms with van der Waals surface area (Å²) in [5.41, 5.74) is 2.00. The first-order valence-corrected chi connectivity index (χ1v) is 7.83. The number of halogens is 3. The molecule has 4 rings (SSSR count). The molecule has 1 fully saturated rings. The smallest absolute Gasteiger partial charge is 0.242 e. The summed E-state index contributed by atoms with van der Waals surface area (Å²) < 4.78 is 42.4. The van der Waals surface area contributed by atoms with Crippen LogP contribution in [0.25, 0.3) is 16.8 Å². The summed E-state index contributed by atoms with van der Waals surface area (Å²) in [6.07, 6.45) is 0.483. The molecule has 1 amide bonds. The summed E-state index contributed by atoms with van der Waals surface area (Å²) in [5.74, 6) is -2.64. The number of nitrogens with zero attached hydrogens (tertiary/aromatic N) is 2. The summed E-state index contributed by atoms with van der Waals surface area (Å²) in [6.45, 7) is 1.65. The molecule has 2 atom stereocenters. The van der Waals surface area contributed by atoms with Gasteiger partial charge in [-0.25, -0.2) is 13.8 Å². The summed E-state index contributed by atoms with van der Waals surface area (Å²) >= 11 is 0. The number of hydrogen-bond acceptors (Lipinski definition) is 2. The van der Waals surface area contributed by atoms with E-state index >= 15 is 0 Å². The number of carbonyl (C=O) groups excluding carboxylic acids is 1. The first-order chi connectivity index (χ1) is 12.0. The van der Waals surface area contributed by atoms with Crippen LogP contribution in [-0.2, 0) is 4.79 Å². The van der Waals surface area contributed by atoms with Crippen LogP contribution in [0.1, 0.15) is 12.0 Å². The fourth-order valence-electron chi connectivity index (χ4n) is 2.82. The summed E-state index contributed by atoms with van der Waals surface area (Å²) in [7, 11) is 0. The Hall–Kier alpha value is -2.83. The van der Waals surface area contributed by atoms with Crippen molar-refractivity contribution >= 4 is 17.4 Å². The van der Waals surface area contributed by atoms with Crippen LogP contribution in [0.2, 0.25) is 0 Å². The van der Waals surface area contributed by atoms with Crippen molar-refractivity contribution in [2.75, 3.05) is 5.32 Å². The SMILES string of the molecule is Cc1c(F)cccc1-c1ccc2nc(NC(=O)[C@@H]3C[C@@H]3F)c(F)n2c1. The van der Waals surface area contributed by atoms with Crippen molar-refractivity contribution in [1.29, 1.82) is 0 Å². The molecule has 0 aliphatic heterocycles. The van der Waals surface area contributed by atoms with Gasteiger partial charge in [0.05, 0.1) is 5.92 Å². The van der Waals surface area contributed by atoms with Crippen LogP contribution in [0.5, 0.6) is 0 Å². The molecule has 4 nitrogen and oxygen atoms in total. The lowest BCUT2D eigenvalue weighted by Gasteiger charge is -2.07. The Labute approximate surface area is 141 Å². The molecule has 25 heavy (non-hydrogen) atoms. The van der Waals surface area contributed by atoms with E-state index in [2.05, 4.69) is 10.3 Å². The number of rotatable bonds is 3. The fourth-order valence-corrected chi connectivity index (χ4v) is 2.82. The van der Waals surface area contributed by atoms with Gasteiger partial charge < -0.3 is 5.32 Å². The molecule has 0 bridgehead atoms. The van der Waals surface area contributed by atoms with E-state index in [4.69, 9.17) is 0 Å². The first-order valence-electron chi connectivity index (χ1n) is 7.83. The number of hydrogen-bond donors (Lipinski definition) is 1. The van der Waals surface area contributed by atoms with E-state index in [0.717, 1.165) is 0 Å². The molecule has 0 radical (unpaired) electrons. The van der Waals surface area contributed by atoms with Crippen LogP contribution in [0.4, 0.5) is 19.0 Å². The number of anilines is 1. The quantitative estimate of drug-likeness (QED) is 0.783. The van der Waals surface area contributed by atoms with Gasteiger partial charge in [0.1, 0.15) is 17.6 Å². The number of aromatic nitrogens is 2. The number of alkyl halides is 1. The van der Waals surface area contributed by atoms with Gasteiger partial charge in [-0.05, 0) is 48.2 Å². The topological polar surface area (TPSA) is 46.4 Å². The maximum absolute atomic E-state index is 14.6. The lowest BCUT2D eigenvalue weighted by atomic mass is 10.0. The summed E-state index contributed by atoms with van der Waals surface area (Å²) in [4.78, 5) is 15.8. The minimum absolute atomic E-state index is 0.157. The van der Waals surface area contributed by atoms with E-state index in [1.807, 2.05) is 0 Å². The highest BCUT2D eigenvalue weighted by atomic mass is 19.1. The molecule has 2 aromatic heterocycles. The molecule has 3 aromatic rings. The molecular weight excluding hydrogens is 331 g/mol. The zero-order valence-electron chi connectivity index (χ0n) is 13.3. The van der Waals surface area contributed by atoms with Crippen molar-refractivity contribution in [1.82, 2.24) is 9.38 Å². The largest absolute Gasteiger partial charge is 0.307 e. The predicted octanol–water partition coefficient (Wildman–Crippen LogP) is 3.88. The van der Waals surface area contributed by atoms with E-state index in [1.54, 1.807) is 31.2 Å². The Kier molecular flexibility index (Phi) is 3.52. The van der Waals surface area contributed by atoms with E-state index in [-0.39, 0.29) is 18.1 Å². The minimum atomic E-state index is -1.16. The average Bonchev–Trinajstić information content (AvgIpc) is 3.25. The number of fused-ring (bicyclic) bond motifs is 1. The zero-order valence-corrected chi connectivity index (χ0v) is 13.3. The second kappa shape index (κ2) is 5.61. The molecule has 0 unspecified atom stereocenters. The Bertz CT molecular complexity index is 999. The van der Waals surface area contributed by atoms with Gasteiger partial charge in [-0.1, -0.05) is 12.1 Å². The lowest BCUT2D eigenvalue weighted by Crippen LogP contribution is -2.16. The normalized spacial score (nSPS) is 19.2. The third kappa shape index (κ3) is 2.65. The van der Waals surface area contributed by atoms with E-state index in [9.17, 15) is 18.0 Å². The van der Waals surface area contributed by atoms with Gasteiger partial charge in [0.2, 0.25) is 11.9 Å². The molecule has 1 saturated carbocycles. The standard InChI is InChI=1S/C18H14F3N3O/c1-9-11(3-2-4-13(9)19)10-5-6-15-22-17(16(21)24(15)8-10)23-18(25)12-7-14(12)20/h2-6,8,12,14H,7H2,1H3,(H,23,25)/t12-,14+/m1/s1. The lowest BCUT2D eigenvalue weighted by molar-refractivity contribution is -0.117. The van der Waals surface area contributed by atoms with E-state index in [0.29, 0.717) is 22.3 Å². The van der Waals surface area contributed by atoms with Crippen LogP contribution < -0.4 is 5.32 Å². The van der Waals surface area contributed by atoms with E-state index < -0.39 is 23.9 Å². The first kappa shape index (κ1) is 15.7. The maximum Gasteiger partial charge on any atom is 0.242 e. The number of pyridine rings is 1. The third-order valence-electron chi connectivity index (χ3n) is 4.43. The number of benzene rings is 1. The monoisotopic (exact) mass is 345 g/mol. The average molecular weight is 345 g/mol. The molecule has 0 spiro atoms. The van der Waals surface area contributed by atoms with E-state index in [1.165, 1.54) is 16.7 Å². The van der Waals surface area contributed by atoms with Crippen molar-refractivity contribution < 1.29 is 18.0 Å². The number of imidazole rings is 1. The van der Waals surface area contributed by atoms with Gasteiger partial charge in [-0.15, -0.1) is 0 Å². The maximum atomic E-state index is 14.6. The Morgan fingerprint density at radius 1 is 1.28 bits per heavy atom. The molecule has 0 saturated heterocycles. The van der Waals surface area contributed by atoms with Crippen LogP contribution >= 0.6 is 0 Å². The van der Waals surface area contributed by atoms with Gasteiger partial charge in [-0.3, -0.25) is 9.20 Å². The molecule has 7 heteroatoms. The summed E-state index contributed by atoms with van der Waals surface area (Å²) in [5, 5.41) is 2.33. The molecule has 1 aliphatic rings. The zero-order chi connectivity index (χ0) is 17.7. The van der Waals surface area contributed by atoms with Gasteiger partial charge in [0.25, 0.3) is 0 Å². The highest BCUT2D eigenvalue weighted by Crippen LogP contribution is 2.35. The second-order valence-electron chi connectivity index (χ2n) is 6.16. The molecule has 1 aliphatic carbocycles. The van der Waals surface area contributed by atoms with Crippen molar-refractivity contribution in [3.8, 4) is 11.1 Å². The van der Waals surface area contributed by atoms with Crippen LogP contribution in [0, 0.1) is 24.6 Å². The Morgan fingerprint density at radius 2 is 2.04 bits per heavy atom. The van der Waals surface area contributed by atoms with Gasteiger partial charge in [-0.2, -0.15) is 4.39 Å². The van der Waals surface area contributed by atoms with Crippen molar-refractivity contribution in [2.45, 2.75) is 19.5 Å².